The number of aliphatic hydroxyl groups is 2. The van der Waals surface area contributed by atoms with Gasteiger partial charge in [-0.3, -0.25) is 0 Å². The maximum Gasteiger partial charge on any atom is 0.416 e. The van der Waals surface area contributed by atoms with E-state index in [2.05, 4.69) is 0 Å². The summed E-state index contributed by atoms with van der Waals surface area (Å²) in [4.78, 5) is 0. The lowest BCUT2D eigenvalue weighted by Gasteiger charge is -2.15. The largest absolute Gasteiger partial charge is 0.416 e. The molecule has 2 N–H and O–H groups in total. The van der Waals surface area contributed by atoms with Crippen molar-refractivity contribution >= 4 is 11.6 Å². The molecule has 2 nitrogen and oxygen atoms in total. The van der Waals surface area contributed by atoms with Crippen molar-refractivity contribution in [3.05, 3.63) is 35.4 Å². The Hall–Kier alpha value is -0.780. The zero-order chi connectivity index (χ0) is 11.0. The summed E-state index contributed by atoms with van der Waals surface area (Å²) in [5.41, 5.74) is -1.41. The number of hydrogen-bond donors (Lipinski definition) is 2. The molecule has 0 aliphatic carbocycles. The molecule has 0 radical (unpaired) electrons. The third-order valence-corrected chi connectivity index (χ3v) is 1.78. The van der Waals surface area contributed by atoms with Crippen LogP contribution in [0.1, 0.15) is 11.1 Å². The van der Waals surface area contributed by atoms with E-state index >= 15 is 0 Å². The molecule has 0 aliphatic heterocycles. The molecule has 0 fully saturated rings. The second-order valence-electron chi connectivity index (χ2n) is 2.67. The fourth-order valence-electron chi connectivity index (χ4n) is 0.893. The Kier molecular flexibility index (Phi) is 2.76. The van der Waals surface area contributed by atoms with Crippen LogP contribution in [-0.2, 0) is 11.4 Å². The number of alkyl halides is 4. The third kappa shape index (κ3) is 2.60. The summed E-state index contributed by atoms with van der Waals surface area (Å²) >= 11 is 5.02. The molecular formula is C8H6ClF3O2. The van der Waals surface area contributed by atoms with Crippen molar-refractivity contribution in [1.29, 1.82) is 0 Å². The Bertz CT molecular complexity index is 301. The second-order valence-corrected chi connectivity index (χ2v) is 3.19. The summed E-state index contributed by atoms with van der Waals surface area (Å²) in [5.74, 6) is 0. The Labute approximate surface area is 82.5 Å². The lowest BCUT2D eigenvalue weighted by Crippen LogP contribution is -2.17. The molecule has 0 spiro atoms. The molecule has 78 valence electrons. The van der Waals surface area contributed by atoms with E-state index < -0.39 is 22.5 Å². The molecule has 0 heterocycles. The summed E-state index contributed by atoms with van der Waals surface area (Å²) in [6.45, 7) is 0. The first-order valence-corrected chi connectivity index (χ1v) is 3.90. The maximum atomic E-state index is 12.1. The van der Waals surface area contributed by atoms with Crippen LogP contribution >= 0.6 is 11.6 Å². The fraction of sp³-hybridized carbons (Fsp3) is 0.250. The van der Waals surface area contributed by atoms with Crippen LogP contribution in [0, 0.1) is 0 Å². The molecule has 0 saturated carbocycles. The third-order valence-electron chi connectivity index (χ3n) is 1.56. The van der Waals surface area contributed by atoms with Gasteiger partial charge in [0.1, 0.15) is 0 Å². The lowest BCUT2D eigenvalue weighted by molar-refractivity contribution is -0.138. The Balaban J connectivity index is 3.15. The number of hydrogen-bond acceptors (Lipinski definition) is 2. The second kappa shape index (κ2) is 3.42. The highest BCUT2D eigenvalue weighted by Gasteiger charge is 2.32. The minimum absolute atomic E-state index is 0.422. The predicted molar refractivity (Wildman–Crippen MR) is 43.4 cm³/mol. The van der Waals surface area contributed by atoms with Gasteiger partial charge in [-0.1, -0.05) is 23.7 Å². The minimum atomic E-state index is -4.53. The van der Waals surface area contributed by atoms with Gasteiger partial charge in [-0.2, -0.15) is 13.2 Å². The van der Waals surface area contributed by atoms with Crippen LogP contribution in [0.2, 0.25) is 0 Å². The molecule has 0 amide bonds. The molecule has 1 rings (SSSR count). The van der Waals surface area contributed by atoms with Crippen molar-refractivity contribution in [3.63, 3.8) is 0 Å². The molecule has 0 saturated heterocycles. The van der Waals surface area contributed by atoms with Gasteiger partial charge in [-0.25, -0.2) is 0 Å². The number of rotatable bonds is 1. The molecule has 0 bridgehead atoms. The van der Waals surface area contributed by atoms with E-state index in [1.165, 1.54) is 0 Å². The maximum absolute atomic E-state index is 12.1. The van der Waals surface area contributed by atoms with Gasteiger partial charge in [-0.15, -0.1) is 0 Å². The van der Waals surface area contributed by atoms with Crippen LogP contribution in [-0.4, -0.2) is 10.2 Å². The first kappa shape index (κ1) is 11.3. The average Bonchev–Trinajstić information content (AvgIpc) is 2.01. The molecule has 0 atom stereocenters. The first-order valence-electron chi connectivity index (χ1n) is 3.52. The van der Waals surface area contributed by atoms with E-state index in [1.807, 2.05) is 0 Å². The van der Waals surface area contributed by atoms with Crippen LogP contribution in [0.5, 0.6) is 0 Å². The highest BCUT2D eigenvalue weighted by atomic mass is 35.5. The first-order chi connectivity index (χ1) is 6.21. The summed E-state index contributed by atoms with van der Waals surface area (Å²) < 4.78 is 36.4. The molecule has 0 unspecified atom stereocenters. The Morgan fingerprint density at radius 3 is 2.00 bits per heavy atom. The quantitative estimate of drug-likeness (QED) is 0.568. The molecule has 1 aromatic rings. The van der Waals surface area contributed by atoms with E-state index in [9.17, 15) is 13.2 Å². The number of benzene rings is 1. The van der Waals surface area contributed by atoms with Crippen LogP contribution in [0.15, 0.2) is 24.3 Å². The average molecular weight is 227 g/mol. The van der Waals surface area contributed by atoms with Gasteiger partial charge in [0.2, 0.25) is 0 Å². The van der Waals surface area contributed by atoms with Crippen molar-refractivity contribution in [1.82, 2.24) is 0 Å². The molecule has 14 heavy (non-hydrogen) atoms. The lowest BCUT2D eigenvalue weighted by atomic mass is 10.1. The van der Waals surface area contributed by atoms with Gasteiger partial charge < -0.3 is 10.2 Å². The van der Waals surface area contributed by atoms with Crippen LogP contribution < -0.4 is 0 Å². The normalized spacial score (nSPS) is 13.0. The monoisotopic (exact) mass is 226 g/mol. The highest BCUT2D eigenvalue weighted by Crippen LogP contribution is 2.32. The summed E-state index contributed by atoms with van der Waals surface area (Å²) in [6.07, 6.45) is -4.53. The van der Waals surface area contributed by atoms with Crippen LogP contribution in [0.3, 0.4) is 0 Å². The zero-order valence-corrected chi connectivity index (χ0v) is 7.47. The highest BCUT2D eigenvalue weighted by molar-refractivity contribution is 6.21. The predicted octanol–water partition coefficient (Wildman–Crippen LogP) is 2.04. The molecule has 1 aromatic carbocycles. The van der Waals surface area contributed by atoms with E-state index in [4.69, 9.17) is 21.8 Å². The van der Waals surface area contributed by atoms with Crippen molar-refractivity contribution in [2.24, 2.45) is 0 Å². The summed E-state index contributed by atoms with van der Waals surface area (Å²) in [7, 11) is 0. The van der Waals surface area contributed by atoms with Gasteiger partial charge in [0.25, 0.3) is 5.25 Å². The van der Waals surface area contributed by atoms with Gasteiger partial charge >= 0.3 is 6.18 Å². The van der Waals surface area contributed by atoms with Crippen LogP contribution in [0.4, 0.5) is 13.2 Å². The van der Waals surface area contributed by atoms with E-state index in [-0.39, 0.29) is 0 Å². The van der Waals surface area contributed by atoms with Gasteiger partial charge in [0.05, 0.1) is 5.56 Å². The Morgan fingerprint density at radius 2 is 1.57 bits per heavy atom. The van der Waals surface area contributed by atoms with E-state index in [0.717, 1.165) is 18.2 Å². The molecular weight excluding hydrogens is 221 g/mol. The standard InChI is InChI=1S/C8H6ClF3O2/c9-7(13,14)5-2-1-3-6(4-5)8(10,11)12/h1-4,13-14H. The zero-order valence-electron chi connectivity index (χ0n) is 6.72. The number of halogens is 4. The minimum Gasteiger partial charge on any atom is -0.350 e. The van der Waals surface area contributed by atoms with Gasteiger partial charge in [-0.05, 0) is 12.1 Å². The van der Waals surface area contributed by atoms with E-state index in [1.54, 1.807) is 0 Å². The van der Waals surface area contributed by atoms with Gasteiger partial charge in [0.15, 0.2) is 0 Å². The van der Waals surface area contributed by atoms with E-state index in [0.29, 0.717) is 6.07 Å². The smallest absolute Gasteiger partial charge is 0.350 e. The van der Waals surface area contributed by atoms with Crippen molar-refractivity contribution in [2.45, 2.75) is 11.4 Å². The molecule has 0 aromatic heterocycles. The van der Waals surface area contributed by atoms with Crippen molar-refractivity contribution < 1.29 is 23.4 Å². The molecule has 0 aliphatic rings. The fourth-order valence-corrected chi connectivity index (χ4v) is 1.01. The summed E-state index contributed by atoms with van der Waals surface area (Å²) in [5, 5.41) is 14.9. The van der Waals surface area contributed by atoms with Crippen molar-refractivity contribution in [3.8, 4) is 0 Å². The SMILES string of the molecule is OC(O)(Cl)c1cccc(C(F)(F)F)c1. The topological polar surface area (TPSA) is 40.5 Å². The van der Waals surface area contributed by atoms with Crippen molar-refractivity contribution in [2.75, 3.05) is 0 Å². The molecule has 6 heteroatoms. The summed E-state index contributed by atoms with van der Waals surface area (Å²) in [6, 6.07) is 3.52. The van der Waals surface area contributed by atoms with Crippen LogP contribution in [0.25, 0.3) is 0 Å². The Morgan fingerprint density at radius 1 is 1.07 bits per heavy atom. The van der Waals surface area contributed by atoms with Gasteiger partial charge in [0, 0.05) is 5.56 Å².